The average molecular weight is 406 g/mol. The molecule has 9 atom stereocenters. The predicted octanol–water partition coefficient (Wildman–Crippen LogP) is 2.24. The van der Waals surface area contributed by atoms with E-state index in [1.54, 1.807) is 13.2 Å². The first-order chi connectivity index (χ1) is 13.8. The largest absolute Gasteiger partial charge is 0.389 e. The van der Waals surface area contributed by atoms with Crippen LogP contribution in [0.5, 0.6) is 0 Å². The van der Waals surface area contributed by atoms with Crippen LogP contribution in [0.1, 0.15) is 52.9 Å². The fourth-order valence-electron chi connectivity index (χ4n) is 6.36. The summed E-state index contributed by atoms with van der Waals surface area (Å²) in [6.07, 6.45) is 6.03. The lowest BCUT2D eigenvalue weighted by molar-refractivity contribution is -0.149. The molecule has 6 heteroatoms. The van der Waals surface area contributed by atoms with Gasteiger partial charge >= 0.3 is 0 Å². The fourth-order valence-corrected chi connectivity index (χ4v) is 6.36. The highest BCUT2D eigenvalue weighted by atomic mass is 16.6. The molecule has 3 fully saturated rings. The van der Waals surface area contributed by atoms with Crippen LogP contribution in [0.2, 0.25) is 0 Å². The number of nitrogens with one attached hydrogen (secondary N) is 1. The predicted molar refractivity (Wildman–Crippen MR) is 108 cm³/mol. The molecule has 0 aromatic carbocycles. The van der Waals surface area contributed by atoms with Gasteiger partial charge in [0.15, 0.2) is 5.78 Å². The van der Waals surface area contributed by atoms with Gasteiger partial charge in [-0.3, -0.25) is 9.59 Å². The van der Waals surface area contributed by atoms with Gasteiger partial charge in [0.25, 0.3) is 0 Å². The van der Waals surface area contributed by atoms with Gasteiger partial charge in [0, 0.05) is 31.4 Å². The molecule has 162 valence electrons. The highest BCUT2D eigenvalue weighted by molar-refractivity contribution is 6.09. The number of aliphatic hydroxyl groups is 1. The van der Waals surface area contributed by atoms with Crippen molar-refractivity contribution in [2.24, 2.45) is 29.1 Å². The Balaban J connectivity index is 1.81. The Morgan fingerprint density at radius 1 is 1.28 bits per heavy atom. The van der Waals surface area contributed by atoms with E-state index in [4.69, 9.17) is 9.47 Å². The third kappa shape index (κ3) is 3.37. The number of amides is 1. The summed E-state index contributed by atoms with van der Waals surface area (Å²) in [5.41, 5.74) is -1.13. The third-order valence-corrected chi connectivity index (χ3v) is 7.68. The van der Waals surface area contributed by atoms with Gasteiger partial charge in [-0.15, -0.1) is 0 Å². The molecule has 6 nitrogen and oxygen atoms in total. The number of ketones is 1. The lowest BCUT2D eigenvalue weighted by Crippen LogP contribution is -2.56. The number of rotatable bonds is 3. The SMILES string of the molecule is CO[C@H]1CCC[C@@H](O)/C=C/[C@H]2[C@@H]3O[C@@H]3[C@@H](C)[C@H]3[C@H](CC(C)C)NC(=O)[C@]32C(=O)C1. The van der Waals surface area contributed by atoms with Gasteiger partial charge < -0.3 is 19.9 Å². The summed E-state index contributed by atoms with van der Waals surface area (Å²) in [5.74, 6) is -0.0577. The molecule has 29 heavy (non-hydrogen) atoms. The number of aliphatic hydroxyl groups excluding tert-OH is 1. The quantitative estimate of drug-likeness (QED) is 0.427. The van der Waals surface area contributed by atoms with Crippen LogP contribution in [-0.4, -0.2) is 54.4 Å². The molecule has 0 radical (unpaired) electrons. The van der Waals surface area contributed by atoms with E-state index < -0.39 is 11.5 Å². The van der Waals surface area contributed by atoms with Gasteiger partial charge in [-0.1, -0.05) is 32.9 Å². The summed E-state index contributed by atoms with van der Waals surface area (Å²) in [7, 11) is 1.62. The minimum atomic E-state index is -1.13. The van der Waals surface area contributed by atoms with E-state index in [0.717, 1.165) is 12.8 Å². The van der Waals surface area contributed by atoms with Gasteiger partial charge in [-0.25, -0.2) is 0 Å². The van der Waals surface area contributed by atoms with Crippen molar-refractivity contribution in [1.29, 1.82) is 0 Å². The van der Waals surface area contributed by atoms with E-state index in [0.29, 0.717) is 18.8 Å². The van der Waals surface area contributed by atoms with Crippen molar-refractivity contribution in [3.63, 3.8) is 0 Å². The summed E-state index contributed by atoms with van der Waals surface area (Å²) in [6.45, 7) is 6.43. The van der Waals surface area contributed by atoms with Crippen molar-refractivity contribution in [1.82, 2.24) is 5.32 Å². The van der Waals surface area contributed by atoms with Crippen molar-refractivity contribution in [3.8, 4) is 0 Å². The first-order valence-corrected chi connectivity index (χ1v) is 11.2. The number of hydrogen-bond donors (Lipinski definition) is 2. The lowest BCUT2D eigenvalue weighted by atomic mass is 9.53. The standard InChI is InChI=1S/C23H35NO5/c1-12(2)10-17-19-13(3)20-21(29-20)16-9-8-14(25)6-5-7-15(28-4)11-18(26)23(16,19)22(27)24-17/h8-9,12-17,19-21,25H,5-7,10-11H2,1-4H3,(H,24,27)/b9-8+/t13-,14+,15-,16-,17-,19-,20+,21-,23+/m0/s1. The molecule has 1 saturated carbocycles. The fraction of sp³-hybridized carbons (Fsp3) is 0.826. The summed E-state index contributed by atoms with van der Waals surface area (Å²) in [4.78, 5) is 27.5. The van der Waals surface area contributed by atoms with Crippen LogP contribution in [-0.2, 0) is 19.1 Å². The molecule has 4 rings (SSSR count). The Morgan fingerprint density at radius 3 is 2.72 bits per heavy atom. The Morgan fingerprint density at radius 2 is 2.03 bits per heavy atom. The molecule has 0 aromatic rings. The zero-order valence-corrected chi connectivity index (χ0v) is 18.0. The topological polar surface area (TPSA) is 88.2 Å². The van der Waals surface area contributed by atoms with Crippen LogP contribution in [0.15, 0.2) is 12.2 Å². The molecule has 4 aliphatic rings. The molecule has 2 aliphatic carbocycles. The summed E-state index contributed by atoms with van der Waals surface area (Å²) in [5, 5.41) is 13.6. The van der Waals surface area contributed by atoms with Crippen molar-refractivity contribution in [2.75, 3.05) is 7.11 Å². The zero-order valence-electron chi connectivity index (χ0n) is 18.0. The second-order valence-corrected chi connectivity index (χ2v) is 9.92. The molecular formula is C23H35NO5. The molecule has 1 spiro atoms. The maximum Gasteiger partial charge on any atom is 0.235 e. The molecule has 2 heterocycles. The van der Waals surface area contributed by atoms with Gasteiger partial charge in [0.05, 0.1) is 24.4 Å². The Kier molecular flexibility index (Phi) is 5.64. The van der Waals surface area contributed by atoms with E-state index in [9.17, 15) is 14.7 Å². The number of hydrogen-bond acceptors (Lipinski definition) is 5. The smallest absolute Gasteiger partial charge is 0.235 e. The molecule has 0 aromatic heterocycles. The van der Waals surface area contributed by atoms with Gasteiger partial charge in [0.2, 0.25) is 5.91 Å². The van der Waals surface area contributed by atoms with Crippen molar-refractivity contribution in [2.45, 2.75) is 83.3 Å². The molecule has 2 aliphatic heterocycles. The number of methoxy groups -OCH3 is 1. The molecule has 0 unspecified atom stereocenters. The van der Waals surface area contributed by atoms with E-state index in [1.807, 2.05) is 6.08 Å². The van der Waals surface area contributed by atoms with Crippen LogP contribution in [0.25, 0.3) is 0 Å². The zero-order chi connectivity index (χ0) is 20.9. The summed E-state index contributed by atoms with van der Waals surface area (Å²) in [6, 6.07) is -0.0291. The second kappa shape index (κ2) is 7.78. The molecule has 1 amide bonds. The first-order valence-electron chi connectivity index (χ1n) is 11.2. The summed E-state index contributed by atoms with van der Waals surface area (Å²) >= 11 is 0. The first kappa shape index (κ1) is 21.0. The van der Waals surface area contributed by atoms with Crippen LogP contribution in [0.3, 0.4) is 0 Å². The molecule has 0 bridgehead atoms. The van der Waals surface area contributed by atoms with Crippen LogP contribution in [0.4, 0.5) is 0 Å². The molecular weight excluding hydrogens is 370 g/mol. The van der Waals surface area contributed by atoms with Gasteiger partial charge in [-0.05, 0) is 37.5 Å². The normalized spacial score (nSPS) is 48.2. The molecule has 2 N–H and O–H groups in total. The second-order valence-electron chi connectivity index (χ2n) is 9.92. The highest BCUT2D eigenvalue weighted by Crippen LogP contribution is 2.61. The molecule has 2 saturated heterocycles. The minimum Gasteiger partial charge on any atom is -0.389 e. The van der Waals surface area contributed by atoms with E-state index in [2.05, 4.69) is 26.1 Å². The number of carbonyl (C=O) groups is 2. The number of fused-ring (bicyclic) bond motifs is 2. The monoisotopic (exact) mass is 405 g/mol. The van der Waals surface area contributed by atoms with Crippen LogP contribution < -0.4 is 5.32 Å². The van der Waals surface area contributed by atoms with Crippen molar-refractivity contribution >= 4 is 11.7 Å². The Bertz CT molecular complexity index is 691. The number of Topliss-reactive ketones (excluding diaryl/α,β-unsaturated/α-hetero) is 1. The van der Waals surface area contributed by atoms with Gasteiger partial charge in [-0.2, -0.15) is 0 Å². The van der Waals surface area contributed by atoms with Crippen molar-refractivity contribution < 1.29 is 24.2 Å². The maximum absolute atomic E-state index is 13.9. The summed E-state index contributed by atoms with van der Waals surface area (Å²) < 4.78 is 11.6. The van der Waals surface area contributed by atoms with E-state index >= 15 is 0 Å². The average Bonchev–Trinajstić information content (AvgIpc) is 3.39. The lowest BCUT2D eigenvalue weighted by Gasteiger charge is -2.44. The maximum atomic E-state index is 13.9. The van der Waals surface area contributed by atoms with E-state index in [1.165, 1.54) is 0 Å². The van der Waals surface area contributed by atoms with Crippen molar-refractivity contribution in [3.05, 3.63) is 12.2 Å². The Labute approximate surface area is 173 Å². The van der Waals surface area contributed by atoms with Crippen LogP contribution >= 0.6 is 0 Å². The van der Waals surface area contributed by atoms with Crippen LogP contribution in [0, 0.1) is 29.1 Å². The minimum absolute atomic E-state index is 0.0232. The third-order valence-electron chi connectivity index (χ3n) is 7.68. The highest BCUT2D eigenvalue weighted by Gasteiger charge is 2.74. The number of epoxide rings is 1. The van der Waals surface area contributed by atoms with E-state index in [-0.39, 0.29) is 60.2 Å². The number of ether oxygens (including phenoxy) is 2. The Hall–Kier alpha value is -1.24. The number of carbonyl (C=O) groups excluding carboxylic acids is 2. The van der Waals surface area contributed by atoms with Gasteiger partial charge in [0.1, 0.15) is 5.41 Å².